The van der Waals surface area contributed by atoms with Crippen molar-refractivity contribution in [3.8, 4) is 5.75 Å². The van der Waals surface area contributed by atoms with Gasteiger partial charge in [0.2, 0.25) is 9.84 Å². The Kier molecular flexibility index (Phi) is 3.26. The molecule has 5 nitrogen and oxygen atoms in total. The van der Waals surface area contributed by atoms with Crippen LogP contribution in [0.3, 0.4) is 0 Å². The van der Waals surface area contributed by atoms with Crippen molar-refractivity contribution in [2.24, 2.45) is 0 Å². The molecule has 0 heterocycles. The van der Waals surface area contributed by atoms with Crippen LogP contribution in [0.25, 0.3) is 0 Å². The van der Waals surface area contributed by atoms with Gasteiger partial charge >= 0.3 is 0 Å². The molecular formula is C13H9O5S-. The molecule has 0 atom stereocenters. The van der Waals surface area contributed by atoms with Crippen molar-refractivity contribution < 1.29 is 23.4 Å². The molecule has 0 aliphatic rings. The van der Waals surface area contributed by atoms with Gasteiger partial charge in [-0.3, -0.25) is 0 Å². The van der Waals surface area contributed by atoms with Gasteiger partial charge in [-0.15, -0.1) is 0 Å². The maximum atomic E-state index is 12.2. The first-order valence-electron chi connectivity index (χ1n) is 5.27. The lowest BCUT2D eigenvalue weighted by Crippen LogP contribution is -2.22. The van der Waals surface area contributed by atoms with Crippen LogP contribution in [0.2, 0.25) is 0 Å². The van der Waals surface area contributed by atoms with E-state index in [1.54, 1.807) is 0 Å². The summed E-state index contributed by atoms with van der Waals surface area (Å²) in [6, 6.07) is 9.82. The normalized spacial score (nSPS) is 11.2. The molecule has 0 aliphatic heterocycles. The van der Waals surface area contributed by atoms with E-state index in [-0.39, 0.29) is 21.1 Å². The number of aromatic carboxylic acids is 1. The summed E-state index contributed by atoms with van der Waals surface area (Å²) >= 11 is 0. The highest BCUT2D eigenvalue weighted by atomic mass is 32.2. The molecule has 6 heteroatoms. The Labute approximate surface area is 109 Å². The summed E-state index contributed by atoms with van der Waals surface area (Å²) in [5, 5.41) is 19.7. The number of phenols is 1. The van der Waals surface area contributed by atoms with Crippen LogP contribution in [0, 0.1) is 0 Å². The highest BCUT2D eigenvalue weighted by Crippen LogP contribution is 2.22. The maximum absolute atomic E-state index is 12.2. The molecule has 0 aliphatic carbocycles. The second-order valence-electron chi connectivity index (χ2n) is 3.81. The fourth-order valence-electron chi connectivity index (χ4n) is 1.53. The van der Waals surface area contributed by atoms with Crippen LogP contribution in [-0.2, 0) is 9.84 Å². The number of benzene rings is 2. The smallest absolute Gasteiger partial charge is 0.206 e. The average molecular weight is 277 g/mol. The van der Waals surface area contributed by atoms with Gasteiger partial charge in [0, 0.05) is 0 Å². The average Bonchev–Trinajstić information content (AvgIpc) is 2.39. The van der Waals surface area contributed by atoms with Crippen molar-refractivity contribution in [3.63, 3.8) is 0 Å². The Morgan fingerprint density at radius 3 is 1.74 bits per heavy atom. The topological polar surface area (TPSA) is 94.5 Å². The summed E-state index contributed by atoms with van der Waals surface area (Å²) in [4.78, 5) is 10.6. The Balaban J connectivity index is 2.44. The van der Waals surface area contributed by atoms with E-state index in [1.165, 1.54) is 48.5 Å². The Morgan fingerprint density at radius 1 is 0.895 bits per heavy atom. The lowest BCUT2D eigenvalue weighted by molar-refractivity contribution is -0.255. The molecule has 0 spiro atoms. The first-order valence-corrected chi connectivity index (χ1v) is 6.75. The van der Waals surface area contributed by atoms with Crippen molar-refractivity contribution in [2.45, 2.75) is 9.79 Å². The van der Waals surface area contributed by atoms with Gasteiger partial charge in [0.05, 0.1) is 15.8 Å². The third-order valence-corrected chi connectivity index (χ3v) is 4.33. The zero-order chi connectivity index (χ0) is 14.0. The van der Waals surface area contributed by atoms with Crippen LogP contribution >= 0.6 is 0 Å². The molecule has 0 radical (unpaired) electrons. The van der Waals surface area contributed by atoms with E-state index < -0.39 is 15.8 Å². The second-order valence-corrected chi connectivity index (χ2v) is 5.76. The molecule has 1 N–H and O–H groups in total. The minimum absolute atomic E-state index is 0.0199. The maximum Gasteiger partial charge on any atom is 0.206 e. The first-order chi connectivity index (χ1) is 8.91. The molecule has 98 valence electrons. The standard InChI is InChI=1S/C13H10O5S/c14-10-3-7-12(8-4-10)19(17,18)11-5-1-9(2-6-11)13(15)16/h1-8,14H,(H,15,16)/p-1. The molecule has 0 amide bonds. The largest absolute Gasteiger partial charge is 0.545 e. The minimum Gasteiger partial charge on any atom is -0.545 e. The van der Waals surface area contributed by atoms with Crippen molar-refractivity contribution in [2.75, 3.05) is 0 Å². The number of rotatable bonds is 3. The van der Waals surface area contributed by atoms with Crippen molar-refractivity contribution >= 4 is 15.8 Å². The van der Waals surface area contributed by atoms with E-state index in [1.807, 2.05) is 0 Å². The lowest BCUT2D eigenvalue weighted by Gasteiger charge is -2.06. The van der Waals surface area contributed by atoms with Crippen molar-refractivity contribution in [1.29, 1.82) is 0 Å². The monoisotopic (exact) mass is 277 g/mol. The molecule has 0 unspecified atom stereocenters. The summed E-state index contributed by atoms with van der Waals surface area (Å²) in [6.45, 7) is 0. The summed E-state index contributed by atoms with van der Waals surface area (Å²) in [6.07, 6.45) is 0. The number of carboxylic acid groups (broad SMARTS) is 1. The number of hydrogen-bond donors (Lipinski definition) is 1. The van der Waals surface area contributed by atoms with Gasteiger partial charge in [-0.1, -0.05) is 12.1 Å². The number of carbonyl (C=O) groups excluding carboxylic acids is 1. The van der Waals surface area contributed by atoms with Crippen LogP contribution in [0.1, 0.15) is 10.4 Å². The molecule has 0 saturated heterocycles. The lowest BCUT2D eigenvalue weighted by atomic mass is 10.2. The molecule has 2 rings (SSSR count). The first kappa shape index (κ1) is 13.1. The zero-order valence-corrected chi connectivity index (χ0v) is 10.4. The predicted molar refractivity (Wildman–Crippen MR) is 64.3 cm³/mol. The van der Waals surface area contributed by atoms with Gasteiger partial charge in [0.1, 0.15) is 5.75 Å². The third-order valence-electron chi connectivity index (χ3n) is 2.55. The molecule has 0 bridgehead atoms. The van der Waals surface area contributed by atoms with Crippen LogP contribution in [-0.4, -0.2) is 19.5 Å². The van der Waals surface area contributed by atoms with E-state index >= 15 is 0 Å². The minimum atomic E-state index is -3.72. The van der Waals surface area contributed by atoms with Crippen LogP contribution in [0.4, 0.5) is 0 Å². The van der Waals surface area contributed by atoms with E-state index in [0.29, 0.717) is 0 Å². The van der Waals surface area contributed by atoms with Crippen LogP contribution < -0.4 is 5.11 Å². The van der Waals surface area contributed by atoms with Gasteiger partial charge in [-0.25, -0.2) is 8.42 Å². The molecule has 19 heavy (non-hydrogen) atoms. The number of carbonyl (C=O) groups is 1. The van der Waals surface area contributed by atoms with E-state index in [2.05, 4.69) is 0 Å². The van der Waals surface area contributed by atoms with Crippen LogP contribution in [0.15, 0.2) is 58.3 Å². The molecule has 2 aromatic rings. The predicted octanol–water partition coefficient (Wildman–Crippen LogP) is 0.589. The van der Waals surface area contributed by atoms with Gasteiger partial charge in [-0.05, 0) is 42.0 Å². The second kappa shape index (κ2) is 4.74. The van der Waals surface area contributed by atoms with E-state index in [4.69, 9.17) is 5.11 Å². The Hall–Kier alpha value is -2.34. The summed E-state index contributed by atoms with van der Waals surface area (Å²) in [5.41, 5.74) is -0.0929. The Morgan fingerprint density at radius 2 is 1.32 bits per heavy atom. The van der Waals surface area contributed by atoms with Gasteiger partial charge in [0.15, 0.2) is 0 Å². The number of aromatic hydroxyl groups is 1. The number of carboxylic acids is 1. The number of phenolic OH excluding ortho intramolecular Hbond substituents is 1. The summed E-state index contributed by atoms with van der Waals surface area (Å²) in [5.74, 6) is -1.40. The van der Waals surface area contributed by atoms with Crippen LogP contribution in [0.5, 0.6) is 5.75 Å². The molecule has 0 aromatic heterocycles. The fraction of sp³-hybridized carbons (Fsp3) is 0. The third kappa shape index (κ3) is 2.58. The number of sulfone groups is 1. The van der Waals surface area contributed by atoms with Gasteiger partial charge < -0.3 is 15.0 Å². The van der Waals surface area contributed by atoms with Gasteiger partial charge in [-0.2, -0.15) is 0 Å². The fourth-order valence-corrected chi connectivity index (χ4v) is 2.79. The molecular weight excluding hydrogens is 268 g/mol. The molecule has 2 aromatic carbocycles. The van der Waals surface area contributed by atoms with Crippen molar-refractivity contribution in [1.82, 2.24) is 0 Å². The molecule has 0 saturated carbocycles. The van der Waals surface area contributed by atoms with E-state index in [0.717, 1.165) is 0 Å². The molecule has 0 fully saturated rings. The SMILES string of the molecule is O=C([O-])c1ccc(S(=O)(=O)c2ccc(O)cc2)cc1. The van der Waals surface area contributed by atoms with Gasteiger partial charge in [0.25, 0.3) is 0 Å². The van der Waals surface area contributed by atoms with E-state index in [9.17, 15) is 18.3 Å². The summed E-state index contributed by atoms with van der Waals surface area (Å²) in [7, 11) is -3.72. The Bertz CT molecular complexity index is 700. The number of hydrogen-bond acceptors (Lipinski definition) is 5. The highest BCUT2D eigenvalue weighted by Gasteiger charge is 2.17. The zero-order valence-electron chi connectivity index (χ0n) is 9.61. The summed E-state index contributed by atoms with van der Waals surface area (Å²) < 4.78 is 24.4. The quantitative estimate of drug-likeness (QED) is 0.886. The highest BCUT2D eigenvalue weighted by molar-refractivity contribution is 7.91. The van der Waals surface area contributed by atoms with Crippen molar-refractivity contribution in [3.05, 3.63) is 54.1 Å².